The summed E-state index contributed by atoms with van der Waals surface area (Å²) in [7, 11) is 0. The Labute approximate surface area is 123 Å². The van der Waals surface area contributed by atoms with E-state index >= 15 is 0 Å². The molecule has 0 saturated carbocycles. The van der Waals surface area contributed by atoms with E-state index in [1.54, 1.807) is 31.2 Å². The molecule has 3 heteroatoms. The van der Waals surface area contributed by atoms with Gasteiger partial charge in [0.15, 0.2) is 11.5 Å². The first-order valence-electron chi connectivity index (χ1n) is 6.79. The zero-order valence-electron chi connectivity index (χ0n) is 12.0. The van der Waals surface area contributed by atoms with Crippen LogP contribution in [-0.4, -0.2) is 10.8 Å². The number of carbonyl (C=O) groups excluding carboxylic acids is 1. The predicted octanol–water partition coefficient (Wildman–Crippen LogP) is 4.54. The molecule has 21 heavy (non-hydrogen) atoms. The smallest absolute Gasteiger partial charge is 0.159 e. The predicted molar refractivity (Wildman–Crippen MR) is 83.0 cm³/mol. The maximum absolute atomic E-state index is 11.3. The van der Waals surface area contributed by atoms with Gasteiger partial charge in [-0.05, 0) is 50.2 Å². The summed E-state index contributed by atoms with van der Waals surface area (Å²) in [6, 6.07) is 17.0. The first-order valence-corrected chi connectivity index (χ1v) is 6.79. The molecule has 0 aliphatic heterocycles. The van der Waals surface area contributed by atoms with Crippen LogP contribution in [0.1, 0.15) is 23.0 Å². The minimum Gasteiger partial charge on any atom is -0.455 e. The quantitative estimate of drug-likeness (QED) is 0.660. The molecule has 1 heterocycles. The van der Waals surface area contributed by atoms with E-state index < -0.39 is 0 Å². The van der Waals surface area contributed by atoms with Crippen molar-refractivity contribution in [1.82, 2.24) is 4.98 Å². The summed E-state index contributed by atoms with van der Waals surface area (Å²) in [6.45, 7) is 3.51. The van der Waals surface area contributed by atoms with Crippen molar-refractivity contribution in [3.63, 3.8) is 0 Å². The van der Waals surface area contributed by atoms with Gasteiger partial charge in [-0.15, -0.1) is 0 Å². The van der Waals surface area contributed by atoms with Gasteiger partial charge >= 0.3 is 0 Å². The van der Waals surface area contributed by atoms with Crippen LogP contribution in [-0.2, 0) is 0 Å². The summed E-state index contributed by atoms with van der Waals surface area (Å²) >= 11 is 0. The number of aromatic nitrogens is 1. The third kappa shape index (κ3) is 2.77. The normalized spacial score (nSPS) is 10.6. The summed E-state index contributed by atoms with van der Waals surface area (Å²) in [6.07, 6.45) is 0. The molecule has 0 unspecified atom stereocenters. The number of para-hydroxylation sites is 1. The molecule has 0 atom stereocenters. The number of aryl methyl sites for hydroxylation is 1. The molecule has 3 rings (SSSR count). The first kappa shape index (κ1) is 13.3. The second kappa shape index (κ2) is 5.37. The molecule has 104 valence electrons. The Morgan fingerprint density at radius 2 is 1.76 bits per heavy atom. The Kier molecular flexibility index (Phi) is 3.40. The molecule has 0 saturated heterocycles. The highest BCUT2D eigenvalue weighted by molar-refractivity contribution is 5.94. The zero-order valence-corrected chi connectivity index (χ0v) is 12.0. The fourth-order valence-corrected chi connectivity index (χ4v) is 2.18. The van der Waals surface area contributed by atoms with Crippen LogP contribution in [0.2, 0.25) is 0 Å². The Balaban J connectivity index is 1.97. The van der Waals surface area contributed by atoms with Crippen molar-refractivity contribution in [2.75, 3.05) is 0 Å². The van der Waals surface area contributed by atoms with Gasteiger partial charge in [0.1, 0.15) is 11.3 Å². The molecule has 0 bridgehead atoms. The van der Waals surface area contributed by atoms with Crippen LogP contribution in [0, 0.1) is 6.92 Å². The zero-order chi connectivity index (χ0) is 14.8. The molecule has 3 aromatic rings. The highest BCUT2D eigenvalue weighted by atomic mass is 16.5. The monoisotopic (exact) mass is 277 g/mol. The van der Waals surface area contributed by atoms with Gasteiger partial charge in [-0.1, -0.05) is 18.2 Å². The van der Waals surface area contributed by atoms with Crippen LogP contribution in [0.5, 0.6) is 11.5 Å². The number of ketones is 1. The van der Waals surface area contributed by atoms with Gasteiger partial charge in [0.2, 0.25) is 0 Å². The maximum Gasteiger partial charge on any atom is 0.159 e. The van der Waals surface area contributed by atoms with Gasteiger partial charge < -0.3 is 4.74 Å². The number of fused-ring (bicyclic) bond motifs is 1. The fraction of sp³-hybridized carbons (Fsp3) is 0.111. The Hall–Kier alpha value is -2.68. The van der Waals surface area contributed by atoms with Gasteiger partial charge in [0.05, 0.1) is 0 Å². The number of nitrogens with zero attached hydrogens (tertiary/aromatic N) is 1. The molecule has 0 fully saturated rings. The van der Waals surface area contributed by atoms with Gasteiger partial charge in [0, 0.05) is 16.6 Å². The van der Waals surface area contributed by atoms with E-state index in [0.29, 0.717) is 17.1 Å². The number of Topliss-reactive ketones (excluding diaryl/α,β-unsaturated/α-hetero) is 1. The number of benzene rings is 2. The van der Waals surface area contributed by atoms with Crippen molar-refractivity contribution in [2.45, 2.75) is 13.8 Å². The SMILES string of the molecule is CC(=O)c1ccc(Oc2cccc3ccc(C)nc23)cc1. The summed E-state index contributed by atoms with van der Waals surface area (Å²) in [5.74, 6) is 1.45. The molecule has 0 N–H and O–H groups in total. The molecule has 0 aliphatic carbocycles. The average Bonchev–Trinajstić information content (AvgIpc) is 2.48. The molecule has 0 radical (unpaired) electrons. The van der Waals surface area contributed by atoms with Crippen LogP contribution in [0.15, 0.2) is 54.6 Å². The number of carbonyl (C=O) groups is 1. The second-order valence-corrected chi connectivity index (χ2v) is 4.96. The number of pyridine rings is 1. The van der Waals surface area contributed by atoms with Crippen LogP contribution in [0.25, 0.3) is 10.9 Å². The number of rotatable bonds is 3. The van der Waals surface area contributed by atoms with E-state index in [1.165, 1.54) is 0 Å². The molecule has 0 aliphatic rings. The van der Waals surface area contributed by atoms with E-state index in [1.807, 2.05) is 37.3 Å². The fourth-order valence-electron chi connectivity index (χ4n) is 2.18. The van der Waals surface area contributed by atoms with Gasteiger partial charge in [-0.25, -0.2) is 4.98 Å². The first-order chi connectivity index (χ1) is 10.1. The largest absolute Gasteiger partial charge is 0.455 e. The van der Waals surface area contributed by atoms with Gasteiger partial charge in [-0.2, -0.15) is 0 Å². The van der Waals surface area contributed by atoms with E-state index in [9.17, 15) is 4.79 Å². The highest BCUT2D eigenvalue weighted by Gasteiger charge is 2.06. The number of hydrogen-bond acceptors (Lipinski definition) is 3. The van der Waals surface area contributed by atoms with Crippen molar-refractivity contribution >= 4 is 16.7 Å². The Morgan fingerprint density at radius 3 is 2.48 bits per heavy atom. The lowest BCUT2D eigenvalue weighted by molar-refractivity contribution is 0.101. The number of hydrogen-bond donors (Lipinski definition) is 0. The number of ether oxygens (including phenoxy) is 1. The van der Waals surface area contributed by atoms with Gasteiger partial charge in [0.25, 0.3) is 0 Å². The molecule has 0 amide bonds. The topological polar surface area (TPSA) is 39.2 Å². The summed E-state index contributed by atoms with van der Waals surface area (Å²) in [5.41, 5.74) is 2.47. The summed E-state index contributed by atoms with van der Waals surface area (Å²) < 4.78 is 5.91. The minimum absolute atomic E-state index is 0.0454. The van der Waals surface area contributed by atoms with E-state index in [2.05, 4.69) is 4.98 Å². The molecule has 0 spiro atoms. The van der Waals surface area contributed by atoms with Crippen molar-refractivity contribution < 1.29 is 9.53 Å². The van der Waals surface area contributed by atoms with Crippen molar-refractivity contribution in [2.24, 2.45) is 0 Å². The molecular weight excluding hydrogens is 262 g/mol. The third-order valence-electron chi connectivity index (χ3n) is 3.31. The minimum atomic E-state index is 0.0454. The summed E-state index contributed by atoms with van der Waals surface area (Å²) in [5, 5.41) is 1.04. The lowest BCUT2D eigenvalue weighted by Gasteiger charge is -2.09. The van der Waals surface area contributed by atoms with E-state index in [4.69, 9.17) is 4.74 Å². The molecule has 3 nitrogen and oxygen atoms in total. The van der Waals surface area contributed by atoms with Gasteiger partial charge in [-0.3, -0.25) is 4.79 Å². The van der Waals surface area contributed by atoms with Crippen molar-refractivity contribution in [3.05, 3.63) is 65.9 Å². The van der Waals surface area contributed by atoms with Crippen molar-refractivity contribution in [3.8, 4) is 11.5 Å². The van der Waals surface area contributed by atoms with Crippen LogP contribution in [0.3, 0.4) is 0 Å². The standard InChI is InChI=1S/C18H15NO2/c1-12-6-7-15-4-3-5-17(18(15)19-12)21-16-10-8-14(9-11-16)13(2)20/h3-11H,1-2H3. The Morgan fingerprint density at radius 1 is 1.00 bits per heavy atom. The third-order valence-corrected chi connectivity index (χ3v) is 3.31. The lowest BCUT2D eigenvalue weighted by Crippen LogP contribution is -1.92. The molecular formula is C18H15NO2. The molecule has 2 aromatic carbocycles. The maximum atomic E-state index is 11.3. The summed E-state index contributed by atoms with van der Waals surface area (Å²) in [4.78, 5) is 15.8. The second-order valence-electron chi connectivity index (χ2n) is 4.96. The Bertz CT molecular complexity index is 807. The van der Waals surface area contributed by atoms with Crippen LogP contribution >= 0.6 is 0 Å². The molecule has 1 aromatic heterocycles. The van der Waals surface area contributed by atoms with Crippen LogP contribution in [0.4, 0.5) is 0 Å². The van der Waals surface area contributed by atoms with Crippen molar-refractivity contribution in [1.29, 1.82) is 0 Å². The lowest BCUT2D eigenvalue weighted by atomic mass is 10.1. The van der Waals surface area contributed by atoms with Crippen LogP contribution < -0.4 is 4.74 Å². The highest BCUT2D eigenvalue weighted by Crippen LogP contribution is 2.28. The van der Waals surface area contributed by atoms with E-state index in [0.717, 1.165) is 16.6 Å². The van der Waals surface area contributed by atoms with E-state index in [-0.39, 0.29) is 5.78 Å². The average molecular weight is 277 g/mol.